The minimum Gasteiger partial charge on any atom is -0.449 e. The molecule has 0 N–H and O–H groups in total. The SMILES string of the molecule is CC(OC(=O)c1cc(C(C)C)nc2c1cnn2C(C)C)C(=O)N(CCC#N)c1ccccc1. The fourth-order valence-corrected chi connectivity index (χ4v) is 3.51. The van der Waals surface area contributed by atoms with Gasteiger partial charge in [0.25, 0.3) is 5.91 Å². The number of para-hydroxylation sites is 1. The first-order valence-electron chi connectivity index (χ1n) is 11.1. The molecule has 0 radical (unpaired) electrons. The van der Waals surface area contributed by atoms with E-state index in [4.69, 9.17) is 15.0 Å². The molecular formula is C25H29N5O3. The molecule has 8 nitrogen and oxygen atoms in total. The van der Waals surface area contributed by atoms with E-state index in [1.807, 2.05) is 45.9 Å². The number of benzene rings is 1. The molecule has 1 amide bonds. The molecular weight excluding hydrogens is 418 g/mol. The largest absolute Gasteiger partial charge is 0.449 e. The molecule has 0 saturated heterocycles. The molecule has 172 valence electrons. The molecule has 33 heavy (non-hydrogen) atoms. The highest BCUT2D eigenvalue weighted by Crippen LogP contribution is 2.25. The number of anilines is 1. The summed E-state index contributed by atoms with van der Waals surface area (Å²) in [5, 5.41) is 14.0. The van der Waals surface area contributed by atoms with Gasteiger partial charge >= 0.3 is 5.97 Å². The minimum absolute atomic E-state index is 0.0707. The lowest BCUT2D eigenvalue weighted by Gasteiger charge is -2.25. The van der Waals surface area contributed by atoms with E-state index in [-0.39, 0.29) is 24.9 Å². The van der Waals surface area contributed by atoms with E-state index in [2.05, 4.69) is 11.2 Å². The normalized spacial score (nSPS) is 12.1. The zero-order chi connectivity index (χ0) is 24.1. The second-order valence-corrected chi connectivity index (χ2v) is 8.45. The number of amides is 1. The molecule has 1 aromatic carbocycles. The Morgan fingerprint density at radius 2 is 1.85 bits per heavy atom. The zero-order valence-corrected chi connectivity index (χ0v) is 19.6. The number of carbonyl (C=O) groups excluding carboxylic acids is 2. The Balaban J connectivity index is 1.91. The average molecular weight is 448 g/mol. The third-order valence-electron chi connectivity index (χ3n) is 5.30. The lowest BCUT2D eigenvalue weighted by atomic mass is 10.1. The minimum atomic E-state index is -1.04. The number of pyridine rings is 1. The van der Waals surface area contributed by atoms with E-state index in [0.717, 1.165) is 5.69 Å². The number of rotatable bonds is 8. The molecule has 0 saturated carbocycles. The molecule has 2 aromatic heterocycles. The topological polar surface area (TPSA) is 101 Å². The molecule has 8 heteroatoms. The van der Waals surface area contributed by atoms with Crippen LogP contribution in [0.4, 0.5) is 5.69 Å². The van der Waals surface area contributed by atoms with Crippen molar-refractivity contribution in [2.24, 2.45) is 0 Å². The van der Waals surface area contributed by atoms with Gasteiger partial charge in [0, 0.05) is 24.0 Å². The second-order valence-electron chi connectivity index (χ2n) is 8.45. The molecule has 1 unspecified atom stereocenters. The average Bonchev–Trinajstić information content (AvgIpc) is 3.23. The lowest BCUT2D eigenvalue weighted by Crippen LogP contribution is -2.40. The maximum Gasteiger partial charge on any atom is 0.339 e. The first kappa shape index (κ1) is 23.9. The number of aromatic nitrogens is 3. The van der Waals surface area contributed by atoms with Crippen molar-refractivity contribution in [2.75, 3.05) is 11.4 Å². The standard InChI is InChI=1S/C25H29N5O3/c1-16(2)22-14-20(21-15-27-30(17(3)4)23(21)28-22)25(32)33-18(5)24(31)29(13-9-12-26)19-10-7-6-8-11-19/h6-8,10-11,14-18H,9,13H2,1-5H3. The Hall–Kier alpha value is -3.73. The summed E-state index contributed by atoms with van der Waals surface area (Å²) in [6.45, 7) is 9.74. The highest BCUT2D eigenvalue weighted by Gasteiger charge is 2.27. The number of esters is 1. The van der Waals surface area contributed by atoms with Crippen molar-refractivity contribution in [1.82, 2.24) is 14.8 Å². The number of hydrogen-bond acceptors (Lipinski definition) is 6. The second kappa shape index (κ2) is 10.3. The summed E-state index contributed by atoms with van der Waals surface area (Å²) >= 11 is 0. The van der Waals surface area contributed by atoms with E-state index in [1.54, 1.807) is 36.0 Å². The van der Waals surface area contributed by atoms with Crippen LogP contribution in [0.3, 0.4) is 0 Å². The maximum atomic E-state index is 13.2. The van der Waals surface area contributed by atoms with E-state index in [9.17, 15) is 9.59 Å². The summed E-state index contributed by atoms with van der Waals surface area (Å²) in [5.74, 6) is -0.908. The molecule has 3 rings (SSSR count). The third-order valence-corrected chi connectivity index (χ3v) is 5.30. The van der Waals surface area contributed by atoms with Crippen molar-refractivity contribution in [3.63, 3.8) is 0 Å². The molecule has 0 aliphatic heterocycles. The van der Waals surface area contributed by atoms with Crippen molar-refractivity contribution < 1.29 is 14.3 Å². The van der Waals surface area contributed by atoms with Crippen LogP contribution in [0.1, 0.15) is 69.1 Å². The van der Waals surface area contributed by atoms with Gasteiger partial charge in [0.1, 0.15) is 0 Å². The molecule has 0 bridgehead atoms. The number of ether oxygens (including phenoxy) is 1. The summed E-state index contributed by atoms with van der Waals surface area (Å²) in [5.41, 5.74) is 2.34. The van der Waals surface area contributed by atoms with Crippen LogP contribution in [0.2, 0.25) is 0 Å². The van der Waals surface area contributed by atoms with Crippen LogP contribution in [0.25, 0.3) is 11.0 Å². The van der Waals surface area contributed by atoms with Crippen LogP contribution in [0.5, 0.6) is 0 Å². The Labute approximate surface area is 193 Å². The lowest BCUT2D eigenvalue weighted by molar-refractivity contribution is -0.126. The van der Waals surface area contributed by atoms with Gasteiger partial charge in [-0.3, -0.25) is 4.79 Å². The van der Waals surface area contributed by atoms with Gasteiger partial charge in [0.15, 0.2) is 11.8 Å². The quantitative estimate of drug-likeness (QED) is 0.467. The van der Waals surface area contributed by atoms with Gasteiger partial charge in [0.05, 0.1) is 29.6 Å². The summed E-state index contributed by atoms with van der Waals surface area (Å²) in [4.78, 5) is 32.5. The van der Waals surface area contributed by atoms with Gasteiger partial charge in [-0.15, -0.1) is 0 Å². The number of carbonyl (C=O) groups is 2. The van der Waals surface area contributed by atoms with Crippen LogP contribution in [0, 0.1) is 11.3 Å². The van der Waals surface area contributed by atoms with Crippen molar-refractivity contribution in [3.05, 3.63) is 53.9 Å². The Bertz CT molecular complexity index is 1180. The van der Waals surface area contributed by atoms with E-state index in [0.29, 0.717) is 22.3 Å². The molecule has 1 atom stereocenters. The van der Waals surface area contributed by atoms with Crippen molar-refractivity contribution >= 4 is 28.6 Å². The summed E-state index contributed by atoms with van der Waals surface area (Å²) in [7, 11) is 0. The van der Waals surface area contributed by atoms with Crippen molar-refractivity contribution in [2.45, 2.75) is 59.1 Å². The predicted octanol–water partition coefficient (Wildman–Crippen LogP) is 4.63. The van der Waals surface area contributed by atoms with Crippen LogP contribution < -0.4 is 4.90 Å². The Morgan fingerprint density at radius 3 is 2.45 bits per heavy atom. The first-order valence-corrected chi connectivity index (χ1v) is 11.1. The smallest absolute Gasteiger partial charge is 0.339 e. The summed E-state index contributed by atoms with van der Waals surface area (Å²) in [6.07, 6.45) is 0.735. The zero-order valence-electron chi connectivity index (χ0n) is 19.6. The third kappa shape index (κ3) is 5.20. The van der Waals surface area contributed by atoms with Crippen molar-refractivity contribution in [3.8, 4) is 6.07 Å². The highest BCUT2D eigenvalue weighted by atomic mass is 16.5. The van der Waals surface area contributed by atoms with Crippen LogP contribution >= 0.6 is 0 Å². The molecule has 0 fully saturated rings. The van der Waals surface area contributed by atoms with E-state index in [1.165, 1.54) is 4.90 Å². The first-order chi connectivity index (χ1) is 15.7. The maximum absolute atomic E-state index is 13.2. The molecule has 0 spiro atoms. The fraction of sp³-hybridized carbons (Fsp3) is 0.400. The molecule has 0 aliphatic carbocycles. The number of hydrogen-bond donors (Lipinski definition) is 0. The number of fused-ring (bicyclic) bond motifs is 1. The van der Waals surface area contributed by atoms with Crippen molar-refractivity contribution in [1.29, 1.82) is 5.26 Å². The molecule has 3 aromatic rings. The van der Waals surface area contributed by atoms with Crippen LogP contribution in [-0.4, -0.2) is 39.3 Å². The van der Waals surface area contributed by atoms with Crippen LogP contribution in [0.15, 0.2) is 42.6 Å². The number of nitriles is 1. The highest BCUT2D eigenvalue weighted by molar-refractivity contribution is 6.04. The Morgan fingerprint density at radius 1 is 1.15 bits per heavy atom. The molecule has 0 aliphatic rings. The monoisotopic (exact) mass is 447 g/mol. The van der Waals surface area contributed by atoms with E-state index >= 15 is 0 Å². The van der Waals surface area contributed by atoms with Gasteiger partial charge in [-0.25, -0.2) is 14.5 Å². The van der Waals surface area contributed by atoms with Gasteiger partial charge in [-0.1, -0.05) is 32.0 Å². The van der Waals surface area contributed by atoms with Gasteiger partial charge in [-0.2, -0.15) is 10.4 Å². The van der Waals surface area contributed by atoms with Gasteiger partial charge in [0.2, 0.25) is 0 Å². The summed E-state index contributed by atoms with van der Waals surface area (Å²) < 4.78 is 7.38. The predicted molar refractivity (Wildman–Crippen MR) is 126 cm³/mol. The summed E-state index contributed by atoms with van der Waals surface area (Å²) in [6, 6.07) is 12.9. The van der Waals surface area contributed by atoms with Gasteiger partial charge in [-0.05, 0) is 44.9 Å². The van der Waals surface area contributed by atoms with E-state index < -0.39 is 18.0 Å². The van der Waals surface area contributed by atoms with Gasteiger partial charge < -0.3 is 9.64 Å². The number of nitrogens with zero attached hydrogens (tertiary/aromatic N) is 5. The Kier molecular flexibility index (Phi) is 7.44. The molecule has 2 heterocycles. The van der Waals surface area contributed by atoms with Crippen LogP contribution in [-0.2, 0) is 9.53 Å². The fourth-order valence-electron chi connectivity index (χ4n) is 3.51.